The zero-order valence-corrected chi connectivity index (χ0v) is 13.0. The molecule has 0 atom stereocenters. The summed E-state index contributed by atoms with van der Waals surface area (Å²) in [7, 11) is 0. The molecule has 2 N–H and O–H groups in total. The molecule has 1 amide bonds. The average Bonchev–Trinajstić information content (AvgIpc) is 2.98. The van der Waals surface area contributed by atoms with Gasteiger partial charge in [0, 0.05) is 22.7 Å². The Labute approximate surface area is 141 Å². The largest absolute Gasteiger partial charge is 0.416 e. The first kappa shape index (κ1) is 16.8. The Balaban J connectivity index is 1.63. The van der Waals surface area contributed by atoms with E-state index in [0.717, 1.165) is 28.6 Å². The van der Waals surface area contributed by atoms with E-state index in [1.807, 2.05) is 24.3 Å². The highest BCUT2D eigenvalue weighted by molar-refractivity contribution is 5.99. The lowest BCUT2D eigenvalue weighted by Gasteiger charge is -2.08. The first-order chi connectivity index (χ1) is 11.9. The summed E-state index contributed by atoms with van der Waals surface area (Å²) >= 11 is 0. The van der Waals surface area contributed by atoms with Gasteiger partial charge in [-0.3, -0.25) is 4.79 Å². The number of para-hydroxylation sites is 1. The van der Waals surface area contributed by atoms with E-state index in [4.69, 9.17) is 0 Å². The number of halogens is 3. The lowest BCUT2D eigenvalue weighted by molar-refractivity contribution is -0.137. The summed E-state index contributed by atoms with van der Waals surface area (Å²) in [4.78, 5) is 14.9. The maximum absolute atomic E-state index is 12.7. The molecule has 4 nitrogen and oxygen atoms in total. The molecule has 1 heterocycles. The first-order valence-electron chi connectivity index (χ1n) is 7.47. The molecule has 0 saturated carbocycles. The minimum atomic E-state index is -4.43. The van der Waals surface area contributed by atoms with Crippen LogP contribution in [-0.2, 0) is 17.4 Å². The minimum Gasteiger partial charge on any atom is -0.361 e. The number of nitrogens with zero attached hydrogens (tertiary/aromatic N) is 1. The van der Waals surface area contributed by atoms with Crippen molar-refractivity contribution in [1.82, 2.24) is 10.4 Å². The van der Waals surface area contributed by atoms with Gasteiger partial charge >= 0.3 is 6.18 Å². The summed E-state index contributed by atoms with van der Waals surface area (Å²) in [5.41, 5.74) is 3.57. The Kier molecular flexibility index (Phi) is 4.56. The lowest BCUT2D eigenvalue weighted by atomic mass is 10.1. The zero-order valence-electron chi connectivity index (χ0n) is 13.0. The van der Waals surface area contributed by atoms with Crippen LogP contribution in [0.25, 0.3) is 10.9 Å². The van der Waals surface area contributed by atoms with Crippen LogP contribution >= 0.6 is 0 Å². The number of amides is 1. The third-order valence-corrected chi connectivity index (χ3v) is 3.63. The van der Waals surface area contributed by atoms with Crippen LogP contribution in [0.5, 0.6) is 0 Å². The molecular weight excluding hydrogens is 331 g/mol. The van der Waals surface area contributed by atoms with Crippen molar-refractivity contribution in [2.75, 3.05) is 0 Å². The van der Waals surface area contributed by atoms with Crippen molar-refractivity contribution in [3.63, 3.8) is 0 Å². The van der Waals surface area contributed by atoms with Crippen LogP contribution in [0, 0.1) is 0 Å². The van der Waals surface area contributed by atoms with Crippen molar-refractivity contribution in [3.05, 3.63) is 71.4 Å². The van der Waals surface area contributed by atoms with Crippen molar-refractivity contribution in [2.24, 2.45) is 5.10 Å². The van der Waals surface area contributed by atoms with Crippen molar-refractivity contribution < 1.29 is 18.0 Å². The molecular formula is C18H14F3N3O. The number of nitrogens with one attached hydrogen (secondary N) is 2. The molecule has 1 aromatic heterocycles. The third kappa shape index (κ3) is 4.06. The fourth-order valence-electron chi connectivity index (χ4n) is 2.46. The van der Waals surface area contributed by atoms with Crippen LogP contribution in [0.1, 0.15) is 16.7 Å². The van der Waals surface area contributed by atoms with E-state index in [1.165, 1.54) is 18.3 Å². The zero-order chi connectivity index (χ0) is 17.9. The van der Waals surface area contributed by atoms with Gasteiger partial charge in [0.1, 0.15) is 0 Å². The van der Waals surface area contributed by atoms with Crippen molar-refractivity contribution >= 4 is 23.0 Å². The lowest BCUT2D eigenvalue weighted by Crippen LogP contribution is -2.20. The van der Waals surface area contributed by atoms with Crippen molar-refractivity contribution in [1.29, 1.82) is 0 Å². The summed E-state index contributed by atoms with van der Waals surface area (Å²) in [6, 6.07) is 12.3. The number of aromatic amines is 1. The molecule has 0 unspecified atom stereocenters. The summed E-state index contributed by atoms with van der Waals surface area (Å²) in [6.45, 7) is 0. The highest BCUT2D eigenvalue weighted by atomic mass is 19.4. The Bertz CT molecular complexity index is 928. The number of carbonyl (C=O) groups is 1. The fourth-order valence-corrected chi connectivity index (χ4v) is 2.46. The number of hydrogen-bond acceptors (Lipinski definition) is 2. The van der Waals surface area contributed by atoms with Gasteiger partial charge in [0.25, 0.3) is 0 Å². The molecule has 2 aromatic carbocycles. The number of hydrazone groups is 1. The highest BCUT2D eigenvalue weighted by Crippen LogP contribution is 2.29. The maximum atomic E-state index is 12.7. The third-order valence-electron chi connectivity index (χ3n) is 3.63. The SMILES string of the molecule is O=C(Cc1cccc(C(F)(F)F)c1)NN=Cc1c[nH]c2ccccc12. The van der Waals surface area contributed by atoms with E-state index in [0.29, 0.717) is 0 Å². The second-order valence-corrected chi connectivity index (χ2v) is 5.46. The molecule has 0 aliphatic carbocycles. The van der Waals surface area contributed by atoms with Gasteiger partial charge in [-0.25, -0.2) is 5.43 Å². The molecule has 7 heteroatoms. The number of hydrogen-bond donors (Lipinski definition) is 2. The minimum absolute atomic E-state index is 0.185. The normalized spacial score (nSPS) is 12.0. The monoisotopic (exact) mass is 345 g/mol. The number of alkyl halides is 3. The quantitative estimate of drug-likeness (QED) is 0.547. The van der Waals surface area contributed by atoms with Gasteiger partial charge in [-0.1, -0.05) is 36.4 Å². The van der Waals surface area contributed by atoms with E-state index in [9.17, 15) is 18.0 Å². The molecule has 3 aromatic rings. The van der Waals surface area contributed by atoms with E-state index in [1.54, 1.807) is 6.20 Å². The number of aromatic nitrogens is 1. The standard InChI is InChI=1S/C18H14F3N3O/c19-18(20,21)14-5-3-4-12(8-14)9-17(25)24-23-11-13-10-22-16-7-2-1-6-15(13)16/h1-8,10-11,22H,9H2,(H,24,25). The highest BCUT2D eigenvalue weighted by Gasteiger charge is 2.30. The molecule has 0 saturated heterocycles. The molecule has 3 rings (SSSR count). The fraction of sp³-hybridized carbons (Fsp3) is 0.111. The van der Waals surface area contributed by atoms with E-state index in [2.05, 4.69) is 15.5 Å². The summed E-state index contributed by atoms with van der Waals surface area (Å²) < 4.78 is 38.0. The van der Waals surface area contributed by atoms with Crippen LogP contribution in [0.2, 0.25) is 0 Å². The molecule has 0 bridgehead atoms. The number of fused-ring (bicyclic) bond motifs is 1. The van der Waals surface area contributed by atoms with Crippen LogP contribution in [0.4, 0.5) is 13.2 Å². The van der Waals surface area contributed by atoms with Crippen molar-refractivity contribution in [3.8, 4) is 0 Å². The molecule has 0 aliphatic rings. The molecule has 0 aliphatic heterocycles. The van der Waals surface area contributed by atoms with Gasteiger partial charge in [0.15, 0.2) is 0 Å². The number of benzene rings is 2. The van der Waals surface area contributed by atoms with Gasteiger partial charge in [-0.05, 0) is 17.7 Å². The summed E-state index contributed by atoms with van der Waals surface area (Å²) in [5.74, 6) is -0.490. The van der Waals surface area contributed by atoms with Crippen LogP contribution in [-0.4, -0.2) is 17.1 Å². The molecule has 128 valence electrons. The Morgan fingerprint density at radius 3 is 2.76 bits per heavy atom. The molecule has 25 heavy (non-hydrogen) atoms. The number of H-pyrrole nitrogens is 1. The van der Waals surface area contributed by atoms with Gasteiger partial charge < -0.3 is 4.98 Å². The van der Waals surface area contributed by atoms with Gasteiger partial charge in [-0.2, -0.15) is 18.3 Å². The van der Waals surface area contributed by atoms with Crippen molar-refractivity contribution in [2.45, 2.75) is 12.6 Å². The number of rotatable bonds is 4. The second-order valence-electron chi connectivity index (χ2n) is 5.46. The summed E-state index contributed by atoms with van der Waals surface area (Å²) in [5, 5.41) is 4.82. The molecule has 0 fully saturated rings. The summed E-state index contributed by atoms with van der Waals surface area (Å²) in [6.07, 6.45) is -1.37. The molecule has 0 spiro atoms. The Morgan fingerprint density at radius 1 is 1.16 bits per heavy atom. The van der Waals surface area contributed by atoms with Crippen LogP contribution in [0.3, 0.4) is 0 Å². The van der Waals surface area contributed by atoms with E-state index < -0.39 is 17.6 Å². The van der Waals surface area contributed by atoms with Gasteiger partial charge in [-0.15, -0.1) is 0 Å². The van der Waals surface area contributed by atoms with Crippen LogP contribution in [0.15, 0.2) is 59.8 Å². The smallest absolute Gasteiger partial charge is 0.361 e. The van der Waals surface area contributed by atoms with Gasteiger partial charge in [0.2, 0.25) is 5.91 Å². The number of carbonyl (C=O) groups excluding carboxylic acids is 1. The van der Waals surface area contributed by atoms with E-state index in [-0.39, 0.29) is 12.0 Å². The van der Waals surface area contributed by atoms with Crippen LogP contribution < -0.4 is 5.43 Å². The van der Waals surface area contributed by atoms with Gasteiger partial charge in [0.05, 0.1) is 18.2 Å². The average molecular weight is 345 g/mol. The predicted molar refractivity (Wildman–Crippen MR) is 89.2 cm³/mol. The second kappa shape index (κ2) is 6.80. The predicted octanol–water partition coefficient (Wildman–Crippen LogP) is 3.88. The topological polar surface area (TPSA) is 57.2 Å². The van der Waals surface area contributed by atoms with E-state index >= 15 is 0 Å². The Hall–Kier alpha value is -3.09. The Morgan fingerprint density at radius 2 is 1.96 bits per heavy atom. The maximum Gasteiger partial charge on any atom is 0.416 e. The first-order valence-corrected chi connectivity index (χ1v) is 7.47. The molecule has 0 radical (unpaired) electrons.